The number of nitrogens with one attached hydrogen (secondary N) is 1. The Bertz CT molecular complexity index is 1580. The molecule has 3 saturated heterocycles. The van der Waals surface area contributed by atoms with Crippen molar-refractivity contribution in [3.63, 3.8) is 0 Å². The van der Waals surface area contributed by atoms with E-state index in [1.165, 1.54) is 64.2 Å². The highest BCUT2D eigenvalue weighted by Gasteiger charge is 2.53. The molecule has 1 amide bonds. The molecule has 19 nitrogen and oxygen atoms in total. The lowest BCUT2D eigenvalue weighted by atomic mass is 9.96. The zero-order valence-corrected chi connectivity index (χ0v) is 45.7. The topological polar surface area (TPSA) is 307 Å². The standard InChI is InChI=1S/C57H101NO18/c1-3-5-7-9-11-13-15-17-19-20-21-23-25-27-29-31-33-35-45(63)58-40(41(62)34-32-30-28-26-24-22-18-16-14-12-10-8-6-4-2)39-71-55-51(69)48(66)53(43(37-60)73-55)76-57-52(70)49(67)54(44(38-61)74-57)75-56-50(68)47(65)46(64)42(36-59)72-56/h11,13,17,19,24,26,32,34,40-44,46-57,59-62,64-70H,3-10,12,14-16,18,20-23,25,27-31,33,35-39H2,1-2H3,(H,58,63)/b13-11-,19-17-,26-24+,34-32+. The van der Waals surface area contributed by atoms with Crippen LogP contribution in [0.25, 0.3) is 0 Å². The minimum Gasteiger partial charge on any atom is -0.394 e. The van der Waals surface area contributed by atoms with Crippen LogP contribution in [0.3, 0.4) is 0 Å². The van der Waals surface area contributed by atoms with E-state index in [0.717, 1.165) is 77.0 Å². The van der Waals surface area contributed by atoms with Gasteiger partial charge in [0.2, 0.25) is 5.91 Å². The lowest BCUT2D eigenvalue weighted by molar-refractivity contribution is -0.379. The van der Waals surface area contributed by atoms with E-state index in [9.17, 15) is 61.0 Å². The minimum atomic E-state index is -1.98. The average molecular weight is 1090 g/mol. The maximum absolute atomic E-state index is 13.3. The summed E-state index contributed by atoms with van der Waals surface area (Å²) in [6, 6.07) is -0.993. The molecule has 0 aromatic rings. The lowest BCUT2D eigenvalue weighted by Crippen LogP contribution is -2.66. The van der Waals surface area contributed by atoms with Crippen LogP contribution in [0.5, 0.6) is 0 Å². The Morgan fingerprint density at radius 3 is 1.42 bits per heavy atom. The van der Waals surface area contributed by atoms with Crippen LogP contribution in [-0.4, -0.2) is 193 Å². The zero-order valence-electron chi connectivity index (χ0n) is 45.7. The van der Waals surface area contributed by atoms with Gasteiger partial charge >= 0.3 is 0 Å². The van der Waals surface area contributed by atoms with Crippen LogP contribution >= 0.6 is 0 Å². The summed E-state index contributed by atoms with van der Waals surface area (Å²) in [6.45, 7) is 1.64. The van der Waals surface area contributed by atoms with Crippen LogP contribution < -0.4 is 5.32 Å². The molecule has 3 heterocycles. The van der Waals surface area contributed by atoms with E-state index in [2.05, 4.69) is 55.6 Å². The van der Waals surface area contributed by atoms with Crippen molar-refractivity contribution in [1.29, 1.82) is 0 Å². The molecule has 0 aromatic heterocycles. The van der Waals surface area contributed by atoms with E-state index in [4.69, 9.17) is 28.4 Å². The number of unbranched alkanes of at least 4 members (excludes halogenated alkanes) is 19. The Kier molecular flexibility index (Phi) is 36.6. The van der Waals surface area contributed by atoms with Gasteiger partial charge in [0, 0.05) is 6.42 Å². The summed E-state index contributed by atoms with van der Waals surface area (Å²) in [5.41, 5.74) is 0. The van der Waals surface area contributed by atoms with Crippen molar-refractivity contribution >= 4 is 5.91 Å². The van der Waals surface area contributed by atoms with Gasteiger partial charge in [-0.3, -0.25) is 4.79 Å². The monoisotopic (exact) mass is 1090 g/mol. The number of hydrogen-bond acceptors (Lipinski definition) is 18. The first-order valence-corrected chi connectivity index (χ1v) is 28.9. The third-order valence-corrected chi connectivity index (χ3v) is 14.3. The molecule has 19 heteroatoms. The largest absolute Gasteiger partial charge is 0.394 e. The third kappa shape index (κ3) is 25.0. The number of amides is 1. The minimum absolute atomic E-state index is 0.225. The molecule has 76 heavy (non-hydrogen) atoms. The Morgan fingerprint density at radius 1 is 0.474 bits per heavy atom. The molecule has 0 saturated carbocycles. The molecule has 0 aliphatic carbocycles. The van der Waals surface area contributed by atoms with Crippen molar-refractivity contribution in [2.45, 2.75) is 279 Å². The number of ether oxygens (including phenoxy) is 6. The Labute approximate surface area is 453 Å². The van der Waals surface area contributed by atoms with Crippen LogP contribution in [-0.2, 0) is 33.2 Å². The third-order valence-electron chi connectivity index (χ3n) is 14.3. The summed E-state index contributed by atoms with van der Waals surface area (Å²) >= 11 is 0. The molecule has 17 atom stereocenters. The van der Waals surface area contributed by atoms with E-state index in [0.29, 0.717) is 12.8 Å². The quantitative estimate of drug-likeness (QED) is 0.0300. The van der Waals surface area contributed by atoms with Gasteiger partial charge in [-0.25, -0.2) is 0 Å². The molecule has 12 N–H and O–H groups in total. The van der Waals surface area contributed by atoms with Crippen molar-refractivity contribution in [3.05, 3.63) is 48.6 Å². The maximum Gasteiger partial charge on any atom is 0.220 e. The van der Waals surface area contributed by atoms with Gasteiger partial charge in [0.25, 0.3) is 0 Å². The second-order valence-corrected chi connectivity index (χ2v) is 20.7. The Balaban J connectivity index is 1.54. The fourth-order valence-corrected chi connectivity index (χ4v) is 9.53. The molecule has 3 aliphatic rings. The lowest BCUT2D eigenvalue weighted by Gasteiger charge is -2.48. The first-order valence-electron chi connectivity index (χ1n) is 28.9. The normalized spacial score (nSPS) is 31.3. The van der Waals surface area contributed by atoms with Crippen molar-refractivity contribution < 1.29 is 89.4 Å². The van der Waals surface area contributed by atoms with E-state index >= 15 is 0 Å². The summed E-state index contributed by atoms with van der Waals surface area (Å²) in [6.07, 6.45) is 16.7. The van der Waals surface area contributed by atoms with Crippen molar-refractivity contribution in [2.24, 2.45) is 0 Å². The van der Waals surface area contributed by atoms with Gasteiger partial charge < -0.3 is 89.9 Å². The number of hydrogen-bond donors (Lipinski definition) is 12. The van der Waals surface area contributed by atoms with Crippen LogP contribution in [0.4, 0.5) is 0 Å². The number of allylic oxidation sites excluding steroid dienone is 7. The SMILES string of the molecule is CCCCC/C=C\C/C=C\CCCCCCCCCC(=O)NC(COC1OC(CO)C(OC2OC(CO)C(OC3OC(CO)C(O)C(O)C3O)C(O)C2O)C(O)C1O)C(O)/C=C/CC/C=C/CCCCCCCCCC. The summed E-state index contributed by atoms with van der Waals surface area (Å²) in [5.74, 6) is -0.297. The van der Waals surface area contributed by atoms with E-state index in [-0.39, 0.29) is 18.9 Å². The van der Waals surface area contributed by atoms with Gasteiger partial charge in [-0.05, 0) is 64.2 Å². The number of aliphatic hydroxyl groups excluding tert-OH is 11. The number of carbonyl (C=O) groups is 1. The second-order valence-electron chi connectivity index (χ2n) is 20.7. The highest BCUT2D eigenvalue weighted by Crippen LogP contribution is 2.33. The van der Waals surface area contributed by atoms with E-state index in [1.54, 1.807) is 6.08 Å². The summed E-state index contributed by atoms with van der Waals surface area (Å²) in [7, 11) is 0. The summed E-state index contributed by atoms with van der Waals surface area (Å²) in [4.78, 5) is 13.3. The molecule has 3 rings (SSSR count). The summed E-state index contributed by atoms with van der Waals surface area (Å²) < 4.78 is 34.2. The molecule has 0 spiro atoms. The Hall–Kier alpha value is -2.25. The predicted octanol–water partition coefficient (Wildman–Crippen LogP) is 4.31. The highest BCUT2D eigenvalue weighted by molar-refractivity contribution is 5.76. The molecule has 0 aromatic carbocycles. The van der Waals surface area contributed by atoms with Crippen LogP contribution in [0.1, 0.15) is 174 Å². The fraction of sp³-hybridized carbons (Fsp3) is 0.842. The van der Waals surface area contributed by atoms with Crippen molar-refractivity contribution in [1.82, 2.24) is 5.32 Å². The van der Waals surface area contributed by atoms with Crippen LogP contribution in [0.2, 0.25) is 0 Å². The van der Waals surface area contributed by atoms with E-state index < -0.39 is 124 Å². The molecule has 17 unspecified atom stereocenters. The molecule has 0 radical (unpaired) electrons. The molecular formula is C57H101NO18. The molecule has 0 bridgehead atoms. The fourth-order valence-electron chi connectivity index (χ4n) is 9.53. The highest BCUT2D eigenvalue weighted by atomic mass is 16.8. The first kappa shape index (κ1) is 68.0. The van der Waals surface area contributed by atoms with Crippen molar-refractivity contribution in [3.8, 4) is 0 Å². The molecular weight excluding hydrogens is 987 g/mol. The van der Waals surface area contributed by atoms with Gasteiger partial charge in [0.1, 0.15) is 73.2 Å². The average Bonchev–Trinajstić information content (AvgIpc) is 3.41. The van der Waals surface area contributed by atoms with Gasteiger partial charge in [-0.2, -0.15) is 0 Å². The van der Waals surface area contributed by atoms with Crippen molar-refractivity contribution in [2.75, 3.05) is 26.4 Å². The second kappa shape index (κ2) is 40.9. The molecule has 3 aliphatic heterocycles. The number of rotatable bonds is 41. The van der Waals surface area contributed by atoms with Gasteiger partial charge in [0.05, 0.1) is 38.6 Å². The van der Waals surface area contributed by atoms with Gasteiger partial charge in [0.15, 0.2) is 18.9 Å². The van der Waals surface area contributed by atoms with Gasteiger partial charge in [-0.1, -0.05) is 152 Å². The number of carbonyl (C=O) groups excluding carboxylic acids is 1. The zero-order chi connectivity index (χ0) is 55.5. The van der Waals surface area contributed by atoms with E-state index in [1.807, 2.05) is 6.08 Å². The predicted molar refractivity (Wildman–Crippen MR) is 286 cm³/mol. The maximum atomic E-state index is 13.3. The van der Waals surface area contributed by atoms with Crippen LogP contribution in [0, 0.1) is 0 Å². The smallest absolute Gasteiger partial charge is 0.220 e. The number of aliphatic hydroxyl groups is 11. The van der Waals surface area contributed by atoms with Crippen LogP contribution in [0.15, 0.2) is 48.6 Å². The first-order chi connectivity index (χ1) is 36.8. The molecule has 442 valence electrons. The Morgan fingerprint density at radius 2 is 0.882 bits per heavy atom. The summed E-state index contributed by atoms with van der Waals surface area (Å²) in [5, 5.41) is 120. The molecule has 3 fully saturated rings. The van der Waals surface area contributed by atoms with Gasteiger partial charge in [-0.15, -0.1) is 0 Å².